The first kappa shape index (κ1) is 18.0. The number of rotatable bonds is 2. The third kappa shape index (κ3) is 5.11. The zero-order chi connectivity index (χ0) is 17.9. The molecular weight excluding hydrogens is 310 g/mol. The number of pyridine rings is 1. The number of carbonyl (C=O) groups is 2. The maximum absolute atomic E-state index is 12.3. The van der Waals surface area contributed by atoms with Crippen LogP contribution in [0.25, 0.3) is 0 Å². The van der Waals surface area contributed by atoms with Crippen molar-refractivity contribution < 1.29 is 19.1 Å². The molecule has 1 aromatic heterocycles. The molecule has 0 aromatic carbocycles. The van der Waals surface area contributed by atoms with Gasteiger partial charge in [-0.15, -0.1) is 0 Å². The lowest BCUT2D eigenvalue weighted by atomic mass is 10.0. The molecule has 7 nitrogen and oxygen atoms in total. The van der Waals surface area contributed by atoms with Crippen molar-refractivity contribution in [2.45, 2.75) is 52.2 Å². The van der Waals surface area contributed by atoms with Crippen LogP contribution in [0, 0.1) is 12.1 Å². The van der Waals surface area contributed by atoms with Gasteiger partial charge in [0.2, 0.25) is 0 Å². The van der Waals surface area contributed by atoms with Gasteiger partial charge in [-0.1, -0.05) is 0 Å². The minimum absolute atomic E-state index is 0.0169. The molecule has 24 heavy (non-hydrogen) atoms. The highest BCUT2D eigenvalue weighted by atomic mass is 16.6. The molecule has 1 N–H and O–H groups in total. The molecule has 2 amide bonds. The van der Waals surface area contributed by atoms with Crippen molar-refractivity contribution in [1.29, 1.82) is 0 Å². The minimum atomic E-state index is -0.513. The molecule has 7 heteroatoms. The molecule has 0 atom stereocenters. The molecule has 0 aliphatic carbocycles. The molecule has 0 spiro atoms. The minimum Gasteiger partial charge on any atom is -0.619 e. The lowest BCUT2D eigenvalue weighted by Gasteiger charge is -2.33. The first-order valence-electron chi connectivity index (χ1n) is 8.13. The van der Waals surface area contributed by atoms with E-state index in [0.29, 0.717) is 36.2 Å². The summed E-state index contributed by atoms with van der Waals surface area (Å²) in [6.07, 6.45) is 3.68. The second-order valence-electron chi connectivity index (χ2n) is 7.18. The molecule has 1 aliphatic rings. The molecule has 1 aromatic rings. The van der Waals surface area contributed by atoms with E-state index in [9.17, 15) is 14.8 Å². The van der Waals surface area contributed by atoms with Crippen molar-refractivity contribution in [3.8, 4) is 0 Å². The molecular formula is C17H25N3O4. The molecule has 132 valence electrons. The third-order valence-electron chi connectivity index (χ3n) is 3.72. The fourth-order valence-electron chi connectivity index (χ4n) is 2.62. The topological polar surface area (TPSA) is 85.6 Å². The Bertz CT molecular complexity index is 597. The molecule has 2 rings (SSSR count). The average Bonchev–Trinajstić information content (AvgIpc) is 2.45. The van der Waals surface area contributed by atoms with Crippen molar-refractivity contribution in [2.75, 3.05) is 13.1 Å². The first-order valence-corrected chi connectivity index (χ1v) is 8.13. The van der Waals surface area contributed by atoms with Gasteiger partial charge in [0, 0.05) is 24.7 Å². The van der Waals surface area contributed by atoms with Crippen LogP contribution < -0.4 is 10.0 Å². The number of aromatic nitrogens is 1. The van der Waals surface area contributed by atoms with Crippen LogP contribution in [-0.2, 0) is 4.74 Å². The molecule has 1 fully saturated rings. The van der Waals surface area contributed by atoms with Gasteiger partial charge in [0.15, 0.2) is 12.4 Å². The molecule has 0 radical (unpaired) electrons. The van der Waals surface area contributed by atoms with Gasteiger partial charge in [-0.3, -0.25) is 4.79 Å². The summed E-state index contributed by atoms with van der Waals surface area (Å²) >= 11 is 0. The molecule has 0 saturated carbocycles. The quantitative estimate of drug-likeness (QED) is 0.659. The fraction of sp³-hybridized carbons (Fsp3) is 0.588. The highest BCUT2D eigenvalue weighted by Gasteiger charge is 2.27. The van der Waals surface area contributed by atoms with E-state index >= 15 is 0 Å². The number of nitrogens with zero attached hydrogens (tertiary/aromatic N) is 2. The third-order valence-corrected chi connectivity index (χ3v) is 3.72. The number of amides is 2. The molecule has 2 heterocycles. The normalized spacial score (nSPS) is 15.9. The van der Waals surface area contributed by atoms with Gasteiger partial charge in [-0.25, -0.2) is 4.79 Å². The van der Waals surface area contributed by atoms with Crippen LogP contribution in [0.4, 0.5) is 4.79 Å². The van der Waals surface area contributed by atoms with E-state index in [1.54, 1.807) is 17.9 Å². The van der Waals surface area contributed by atoms with E-state index in [1.807, 2.05) is 20.8 Å². The summed E-state index contributed by atoms with van der Waals surface area (Å²) in [4.78, 5) is 25.9. The summed E-state index contributed by atoms with van der Waals surface area (Å²) in [6.45, 7) is 8.35. The molecule has 0 unspecified atom stereocenters. The second kappa shape index (κ2) is 7.07. The Balaban J connectivity index is 1.86. The summed E-state index contributed by atoms with van der Waals surface area (Å²) in [6, 6.07) is 1.66. The number of piperidine rings is 1. The first-order chi connectivity index (χ1) is 11.1. The summed E-state index contributed by atoms with van der Waals surface area (Å²) < 4.78 is 5.99. The van der Waals surface area contributed by atoms with Crippen LogP contribution in [0.1, 0.15) is 49.5 Å². The lowest BCUT2D eigenvalue weighted by molar-refractivity contribution is -0.605. The van der Waals surface area contributed by atoms with Gasteiger partial charge < -0.3 is 20.2 Å². The summed E-state index contributed by atoms with van der Waals surface area (Å²) in [5.74, 6) is -0.265. The van der Waals surface area contributed by atoms with Gasteiger partial charge in [0.05, 0.1) is 0 Å². The summed E-state index contributed by atoms with van der Waals surface area (Å²) in [7, 11) is 0. The van der Waals surface area contributed by atoms with Crippen molar-refractivity contribution in [3.63, 3.8) is 0 Å². The standard InChI is InChI=1S/C17H25N3O4/c1-12-9-13(11-20(23)10-12)15(21)18-14-5-7-19(8-6-14)16(22)24-17(2,3)4/h9-11,14H,5-8H2,1-4H3,(H,18,21). The van der Waals surface area contributed by atoms with Gasteiger partial charge >= 0.3 is 6.09 Å². The Labute approximate surface area is 142 Å². The smallest absolute Gasteiger partial charge is 0.410 e. The van der Waals surface area contributed by atoms with Crippen molar-refractivity contribution >= 4 is 12.0 Å². The highest BCUT2D eigenvalue weighted by Crippen LogP contribution is 2.16. The maximum Gasteiger partial charge on any atom is 0.410 e. The SMILES string of the molecule is Cc1cc(C(=O)NC2CCN(C(=O)OC(C)(C)C)CC2)c[n+]([O-])c1. The van der Waals surface area contributed by atoms with E-state index in [-0.39, 0.29) is 18.0 Å². The molecule has 0 bridgehead atoms. The Hall–Kier alpha value is -2.31. The largest absolute Gasteiger partial charge is 0.619 e. The Morgan fingerprint density at radius 1 is 1.29 bits per heavy atom. The van der Waals surface area contributed by atoms with Crippen LogP contribution in [0.3, 0.4) is 0 Å². The van der Waals surface area contributed by atoms with Gasteiger partial charge in [0.25, 0.3) is 5.91 Å². The van der Waals surface area contributed by atoms with Crippen LogP contribution in [0.2, 0.25) is 0 Å². The van der Waals surface area contributed by atoms with Crippen molar-refractivity contribution in [1.82, 2.24) is 10.2 Å². The molecule has 1 saturated heterocycles. The average molecular weight is 335 g/mol. The van der Waals surface area contributed by atoms with Gasteiger partial charge in [-0.2, -0.15) is 4.73 Å². The maximum atomic E-state index is 12.3. The predicted octanol–water partition coefficient (Wildman–Crippen LogP) is 1.76. The van der Waals surface area contributed by atoms with Gasteiger partial charge in [-0.05, 0) is 46.6 Å². The van der Waals surface area contributed by atoms with Crippen LogP contribution in [0.5, 0.6) is 0 Å². The Morgan fingerprint density at radius 3 is 2.46 bits per heavy atom. The van der Waals surface area contributed by atoms with Gasteiger partial charge in [0.1, 0.15) is 11.2 Å². The number of nitrogens with one attached hydrogen (secondary N) is 1. The van der Waals surface area contributed by atoms with Crippen LogP contribution >= 0.6 is 0 Å². The number of hydrogen-bond donors (Lipinski definition) is 1. The van der Waals surface area contributed by atoms with E-state index < -0.39 is 5.60 Å². The van der Waals surface area contributed by atoms with Crippen molar-refractivity contribution in [3.05, 3.63) is 34.8 Å². The van der Waals surface area contributed by atoms with E-state index in [2.05, 4.69) is 5.32 Å². The zero-order valence-corrected chi connectivity index (χ0v) is 14.7. The fourth-order valence-corrected chi connectivity index (χ4v) is 2.62. The summed E-state index contributed by atoms with van der Waals surface area (Å²) in [5.41, 5.74) is 0.568. The monoisotopic (exact) mass is 335 g/mol. The Kier molecular flexibility index (Phi) is 5.31. The Morgan fingerprint density at radius 2 is 1.92 bits per heavy atom. The number of ether oxygens (including phenoxy) is 1. The predicted molar refractivity (Wildman–Crippen MR) is 88.4 cm³/mol. The van der Waals surface area contributed by atoms with Crippen LogP contribution in [0.15, 0.2) is 18.5 Å². The molecule has 1 aliphatic heterocycles. The number of aryl methyl sites for hydroxylation is 1. The summed E-state index contributed by atoms with van der Waals surface area (Å²) in [5, 5.41) is 14.3. The lowest BCUT2D eigenvalue weighted by Crippen LogP contribution is -2.48. The van der Waals surface area contributed by atoms with E-state index in [1.165, 1.54) is 12.4 Å². The number of likely N-dealkylation sites (tertiary alicyclic amines) is 1. The number of hydrogen-bond acceptors (Lipinski definition) is 4. The van der Waals surface area contributed by atoms with E-state index in [0.717, 1.165) is 5.56 Å². The van der Waals surface area contributed by atoms with Crippen molar-refractivity contribution in [2.24, 2.45) is 0 Å². The second-order valence-corrected chi connectivity index (χ2v) is 7.18. The van der Waals surface area contributed by atoms with Crippen LogP contribution in [-0.4, -0.2) is 41.6 Å². The highest BCUT2D eigenvalue weighted by molar-refractivity contribution is 5.94. The zero-order valence-electron chi connectivity index (χ0n) is 14.7. The number of carbonyl (C=O) groups excluding carboxylic acids is 2. The van der Waals surface area contributed by atoms with E-state index in [4.69, 9.17) is 4.74 Å².